The summed E-state index contributed by atoms with van der Waals surface area (Å²) in [6, 6.07) is 6.30. The summed E-state index contributed by atoms with van der Waals surface area (Å²) in [5.41, 5.74) is -3.25. The molecular formula is C12H10F3N3O3. The first kappa shape index (κ1) is 14.8. The highest BCUT2D eigenvalue weighted by molar-refractivity contribution is 6.06. The molecule has 1 atom stereocenters. The van der Waals surface area contributed by atoms with Crippen LogP contribution in [0.4, 0.5) is 13.2 Å². The molecule has 1 amide bonds. The molecule has 1 aromatic heterocycles. The van der Waals surface area contributed by atoms with Gasteiger partial charge < -0.3 is 10.4 Å². The largest absolute Gasteiger partial charge is 0.479 e. The van der Waals surface area contributed by atoms with Crippen LogP contribution < -0.4 is 5.32 Å². The van der Waals surface area contributed by atoms with Crippen molar-refractivity contribution in [2.24, 2.45) is 0 Å². The maximum absolute atomic E-state index is 12.8. The number of halogens is 3. The van der Waals surface area contributed by atoms with Crippen molar-refractivity contribution in [2.45, 2.75) is 18.6 Å². The van der Waals surface area contributed by atoms with Crippen molar-refractivity contribution in [3.63, 3.8) is 0 Å². The number of carbonyl (C=O) groups is 2. The van der Waals surface area contributed by atoms with E-state index in [-0.39, 0.29) is 5.69 Å². The number of hydrogen-bond acceptors (Lipinski definition) is 3. The van der Waals surface area contributed by atoms with Gasteiger partial charge in [0.2, 0.25) is 5.54 Å². The van der Waals surface area contributed by atoms with Gasteiger partial charge in [0.1, 0.15) is 0 Å². The number of fused-ring (bicyclic) bond motifs is 1. The maximum atomic E-state index is 12.8. The third kappa shape index (κ3) is 2.41. The molecule has 6 nitrogen and oxygen atoms in total. The highest BCUT2D eigenvalue weighted by atomic mass is 19.4. The number of rotatable bonds is 3. The standard InChI is InChI=1S/C12H10F3N3O3/c1-11(10(20)21,12(13,14)15)16-9(19)8-6-4-2-3-5-7(6)17-18-8/h2-5H,1H3,(H,16,19)(H,17,18)(H,20,21). The SMILES string of the molecule is CC(NC(=O)c1n[nH]c2ccccc12)(C(=O)O)C(F)(F)F. The topological polar surface area (TPSA) is 95.1 Å². The van der Waals surface area contributed by atoms with Gasteiger partial charge >= 0.3 is 12.1 Å². The van der Waals surface area contributed by atoms with Crippen LogP contribution in [-0.4, -0.2) is 38.9 Å². The number of aromatic amines is 1. The van der Waals surface area contributed by atoms with E-state index in [9.17, 15) is 22.8 Å². The third-order valence-electron chi connectivity index (χ3n) is 3.04. The number of para-hydroxylation sites is 1. The van der Waals surface area contributed by atoms with Gasteiger partial charge in [-0.05, 0) is 13.0 Å². The molecule has 2 aromatic rings. The van der Waals surface area contributed by atoms with E-state index in [1.54, 1.807) is 18.2 Å². The second kappa shape index (κ2) is 4.76. The fourth-order valence-corrected chi connectivity index (χ4v) is 1.67. The molecule has 2 rings (SSSR count). The van der Waals surface area contributed by atoms with E-state index in [4.69, 9.17) is 5.11 Å². The van der Waals surface area contributed by atoms with Gasteiger partial charge in [-0.3, -0.25) is 9.89 Å². The lowest BCUT2D eigenvalue weighted by Crippen LogP contribution is -2.61. The lowest BCUT2D eigenvalue weighted by Gasteiger charge is -2.28. The molecule has 0 radical (unpaired) electrons. The molecule has 9 heteroatoms. The van der Waals surface area contributed by atoms with Crippen molar-refractivity contribution in [3.05, 3.63) is 30.0 Å². The quantitative estimate of drug-likeness (QED) is 0.804. The Morgan fingerprint density at radius 2 is 1.90 bits per heavy atom. The molecule has 0 saturated heterocycles. The van der Waals surface area contributed by atoms with Crippen molar-refractivity contribution < 1.29 is 27.9 Å². The zero-order chi connectivity index (χ0) is 15.8. The van der Waals surface area contributed by atoms with Crippen molar-refractivity contribution in [3.8, 4) is 0 Å². The number of hydrogen-bond donors (Lipinski definition) is 3. The predicted octanol–water partition coefficient (Wildman–Crippen LogP) is 1.70. The molecule has 1 aromatic carbocycles. The van der Waals surface area contributed by atoms with Crippen LogP contribution in [0.3, 0.4) is 0 Å². The number of carboxylic acids is 1. The molecule has 3 N–H and O–H groups in total. The van der Waals surface area contributed by atoms with E-state index < -0.39 is 23.6 Å². The number of aromatic nitrogens is 2. The third-order valence-corrected chi connectivity index (χ3v) is 3.04. The number of benzene rings is 1. The fraction of sp³-hybridized carbons (Fsp3) is 0.250. The number of H-pyrrole nitrogens is 1. The van der Waals surface area contributed by atoms with Crippen molar-refractivity contribution in [1.29, 1.82) is 0 Å². The van der Waals surface area contributed by atoms with Crippen LogP contribution >= 0.6 is 0 Å². The predicted molar refractivity (Wildman–Crippen MR) is 65.7 cm³/mol. The van der Waals surface area contributed by atoms with Gasteiger partial charge in [-0.2, -0.15) is 18.3 Å². The molecule has 112 valence electrons. The number of carboxylic acid groups (broad SMARTS) is 1. The molecule has 1 heterocycles. The minimum Gasteiger partial charge on any atom is -0.479 e. The van der Waals surface area contributed by atoms with E-state index in [0.29, 0.717) is 17.8 Å². The van der Waals surface area contributed by atoms with Crippen LogP contribution in [-0.2, 0) is 4.79 Å². The Morgan fingerprint density at radius 3 is 2.48 bits per heavy atom. The molecule has 0 aliphatic heterocycles. The normalized spacial score (nSPS) is 14.7. The molecule has 0 fully saturated rings. The summed E-state index contributed by atoms with van der Waals surface area (Å²) >= 11 is 0. The number of amides is 1. The summed E-state index contributed by atoms with van der Waals surface area (Å²) in [5, 5.41) is 16.6. The molecule has 0 aliphatic carbocycles. The van der Waals surface area contributed by atoms with Crippen LogP contribution in [0.25, 0.3) is 10.9 Å². The minimum atomic E-state index is -5.15. The summed E-state index contributed by atoms with van der Waals surface area (Å²) < 4.78 is 38.5. The van der Waals surface area contributed by atoms with Gasteiger partial charge in [0.05, 0.1) is 5.52 Å². The molecule has 21 heavy (non-hydrogen) atoms. The van der Waals surface area contributed by atoms with E-state index >= 15 is 0 Å². The highest BCUT2D eigenvalue weighted by Crippen LogP contribution is 2.31. The summed E-state index contributed by atoms with van der Waals surface area (Å²) in [6.45, 7) is 0.377. The first-order valence-electron chi connectivity index (χ1n) is 5.72. The number of alkyl halides is 3. The number of nitrogens with one attached hydrogen (secondary N) is 2. The molecule has 1 unspecified atom stereocenters. The van der Waals surface area contributed by atoms with Gasteiger partial charge in [0, 0.05) is 5.39 Å². The van der Waals surface area contributed by atoms with E-state index in [0.717, 1.165) is 0 Å². The molecular weight excluding hydrogens is 291 g/mol. The summed E-state index contributed by atoms with van der Waals surface area (Å²) in [4.78, 5) is 22.8. The van der Waals surface area contributed by atoms with Crippen LogP contribution in [0.5, 0.6) is 0 Å². The zero-order valence-electron chi connectivity index (χ0n) is 10.7. The smallest absolute Gasteiger partial charge is 0.422 e. The second-order valence-corrected chi connectivity index (χ2v) is 4.50. The van der Waals surface area contributed by atoms with Crippen molar-refractivity contribution in [2.75, 3.05) is 0 Å². The Labute approximate surface area is 115 Å². The second-order valence-electron chi connectivity index (χ2n) is 4.50. The number of aliphatic carboxylic acids is 1. The van der Waals surface area contributed by atoms with Gasteiger partial charge in [0.25, 0.3) is 5.91 Å². The van der Waals surface area contributed by atoms with E-state index in [2.05, 4.69) is 10.2 Å². The summed E-state index contributed by atoms with van der Waals surface area (Å²) in [7, 11) is 0. The van der Waals surface area contributed by atoms with Gasteiger partial charge in [-0.1, -0.05) is 18.2 Å². The number of carbonyl (C=O) groups excluding carboxylic acids is 1. The van der Waals surface area contributed by atoms with Crippen LogP contribution in [0, 0.1) is 0 Å². The van der Waals surface area contributed by atoms with Crippen molar-refractivity contribution >= 4 is 22.8 Å². The average molecular weight is 301 g/mol. The lowest BCUT2D eigenvalue weighted by atomic mass is 10.0. The number of nitrogens with zero attached hydrogens (tertiary/aromatic N) is 1. The molecule has 0 spiro atoms. The lowest BCUT2D eigenvalue weighted by molar-refractivity contribution is -0.203. The van der Waals surface area contributed by atoms with E-state index in [1.165, 1.54) is 11.4 Å². The highest BCUT2D eigenvalue weighted by Gasteiger charge is 2.58. The molecule has 0 saturated carbocycles. The van der Waals surface area contributed by atoms with Crippen LogP contribution in [0.2, 0.25) is 0 Å². The minimum absolute atomic E-state index is 0.296. The van der Waals surface area contributed by atoms with Crippen LogP contribution in [0.1, 0.15) is 17.4 Å². The van der Waals surface area contributed by atoms with Crippen molar-refractivity contribution in [1.82, 2.24) is 15.5 Å². The Kier molecular flexibility index (Phi) is 3.36. The monoisotopic (exact) mass is 301 g/mol. The van der Waals surface area contributed by atoms with Gasteiger partial charge in [-0.15, -0.1) is 0 Å². The molecule has 0 bridgehead atoms. The Balaban J connectivity index is 2.39. The Morgan fingerprint density at radius 1 is 1.29 bits per heavy atom. The fourth-order valence-electron chi connectivity index (χ4n) is 1.67. The van der Waals surface area contributed by atoms with Gasteiger partial charge in [-0.25, -0.2) is 4.79 Å². The summed E-state index contributed by atoms with van der Waals surface area (Å²) in [5.74, 6) is -3.43. The maximum Gasteiger partial charge on any atom is 0.422 e. The van der Waals surface area contributed by atoms with E-state index in [1.807, 2.05) is 0 Å². The zero-order valence-corrected chi connectivity index (χ0v) is 10.7. The van der Waals surface area contributed by atoms with Crippen LogP contribution in [0.15, 0.2) is 24.3 Å². The van der Waals surface area contributed by atoms with Gasteiger partial charge in [0.15, 0.2) is 5.69 Å². The summed E-state index contributed by atoms with van der Waals surface area (Å²) in [6.07, 6.45) is -5.15. The first-order chi connectivity index (χ1) is 9.67. The first-order valence-corrected chi connectivity index (χ1v) is 5.72. The average Bonchev–Trinajstić information content (AvgIpc) is 2.80. The Bertz CT molecular complexity index is 710. The Hall–Kier alpha value is -2.58. The molecule has 0 aliphatic rings.